The number of hydrogen-bond donors (Lipinski definition) is 1. The Morgan fingerprint density at radius 2 is 2.00 bits per heavy atom. The molecule has 0 unspecified atom stereocenters. The third-order valence-corrected chi connectivity index (χ3v) is 4.93. The van der Waals surface area contributed by atoms with Crippen LogP contribution >= 0.6 is 0 Å². The van der Waals surface area contributed by atoms with E-state index >= 15 is 0 Å². The first-order chi connectivity index (χ1) is 15.4. The summed E-state index contributed by atoms with van der Waals surface area (Å²) >= 11 is 0. The average Bonchev–Trinajstić information content (AvgIpc) is 3.18. The summed E-state index contributed by atoms with van der Waals surface area (Å²) in [6, 6.07) is 13.8. The van der Waals surface area contributed by atoms with Crippen molar-refractivity contribution in [3.8, 4) is 23.0 Å². The Morgan fingerprint density at radius 1 is 1.19 bits per heavy atom. The van der Waals surface area contributed by atoms with Gasteiger partial charge in [-0.2, -0.15) is 0 Å². The lowest BCUT2D eigenvalue weighted by Gasteiger charge is -2.08. The van der Waals surface area contributed by atoms with Crippen molar-refractivity contribution in [3.63, 3.8) is 0 Å². The number of nitro benzene ring substituents is 1. The van der Waals surface area contributed by atoms with Gasteiger partial charge in [0.05, 0.1) is 23.3 Å². The van der Waals surface area contributed by atoms with Gasteiger partial charge >= 0.3 is 0 Å². The van der Waals surface area contributed by atoms with Crippen LogP contribution in [0.1, 0.15) is 23.6 Å². The summed E-state index contributed by atoms with van der Waals surface area (Å²) in [5, 5.41) is 21.6. The Bertz CT molecular complexity index is 1360. The van der Waals surface area contributed by atoms with Gasteiger partial charge in [-0.1, -0.05) is 6.07 Å². The molecule has 0 radical (unpaired) electrons. The highest BCUT2D eigenvalue weighted by Crippen LogP contribution is 2.35. The molecule has 162 valence electrons. The van der Waals surface area contributed by atoms with Gasteiger partial charge in [-0.25, -0.2) is 4.98 Å². The number of ether oxygens (including phenoxy) is 1. The number of non-ortho nitro benzene ring substituents is 1. The van der Waals surface area contributed by atoms with Crippen LogP contribution in [0.25, 0.3) is 22.6 Å². The monoisotopic (exact) mass is 431 g/mol. The summed E-state index contributed by atoms with van der Waals surface area (Å²) in [6.45, 7) is 5.89. The first kappa shape index (κ1) is 21.0. The van der Waals surface area contributed by atoms with Crippen LogP contribution in [0, 0.1) is 24.0 Å². The second kappa shape index (κ2) is 8.50. The molecule has 0 saturated heterocycles. The summed E-state index contributed by atoms with van der Waals surface area (Å²) in [5.41, 5.74) is 4.94. The van der Waals surface area contributed by atoms with Crippen molar-refractivity contribution in [2.45, 2.75) is 20.8 Å². The van der Waals surface area contributed by atoms with Gasteiger partial charge in [0.25, 0.3) is 5.69 Å². The van der Waals surface area contributed by atoms with E-state index in [1.807, 2.05) is 44.2 Å². The maximum absolute atomic E-state index is 11.2. The third-order valence-electron chi connectivity index (χ3n) is 4.93. The standard InChI is InChI=1S/C24H21N3O5/c1-4-31-22-12-18(27(29)30)11-17(23(22)28)13-25-19-7-6-16(10-15(19)3)24-26-20-9-14(2)5-8-21(20)32-24/h5-13,28H,4H2,1-3H3. The Labute approximate surface area is 184 Å². The number of phenols is 1. The van der Waals surface area contributed by atoms with Crippen LogP contribution in [0.5, 0.6) is 11.5 Å². The highest BCUT2D eigenvalue weighted by Gasteiger charge is 2.16. The summed E-state index contributed by atoms with van der Waals surface area (Å²) < 4.78 is 11.2. The number of benzene rings is 3. The number of aryl methyl sites for hydroxylation is 2. The minimum atomic E-state index is -0.541. The quantitative estimate of drug-likeness (QED) is 0.232. The summed E-state index contributed by atoms with van der Waals surface area (Å²) in [5.74, 6) is 0.362. The second-order valence-electron chi connectivity index (χ2n) is 7.32. The van der Waals surface area contributed by atoms with Gasteiger partial charge in [-0.05, 0) is 62.2 Å². The fourth-order valence-electron chi connectivity index (χ4n) is 3.32. The van der Waals surface area contributed by atoms with Crippen LogP contribution < -0.4 is 4.74 Å². The fraction of sp³-hybridized carbons (Fsp3) is 0.167. The molecule has 0 aliphatic rings. The van der Waals surface area contributed by atoms with E-state index in [1.165, 1.54) is 18.3 Å². The molecule has 0 spiro atoms. The number of aromatic nitrogens is 1. The van der Waals surface area contributed by atoms with E-state index in [4.69, 9.17) is 9.15 Å². The molecule has 0 saturated carbocycles. The van der Waals surface area contributed by atoms with Crippen LogP contribution in [-0.2, 0) is 0 Å². The number of hydrogen-bond acceptors (Lipinski definition) is 7. The highest BCUT2D eigenvalue weighted by molar-refractivity contribution is 5.88. The first-order valence-corrected chi connectivity index (χ1v) is 10.0. The normalized spacial score (nSPS) is 11.3. The van der Waals surface area contributed by atoms with Gasteiger partial charge in [0.1, 0.15) is 5.52 Å². The lowest BCUT2D eigenvalue weighted by atomic mass is 10.1. The highest BCUT2D eigenvalue weighted by atomic mass is 16.6. The van der Waals surface area contributed by atoms with Gasteiger partial charge in [-0.15, -0.1) is 0 Å². The van der Waals surface area contributed by atoms with E-state index in [-0.39, 0.29) is 29.4 Å². The predicted octanol–water partition coefficient (Wildman–Crippen LogP) is 5.87. The summed E-state index contributed by atoms with van der Waals surface area (Å²) in [6.07, 6.45) is 1.38. The predicted molar refractivity (Wildman–Crippen MR) is 122 cm³/mol. The number of nitrogens with zero attached hydrogens (tertiary/aromatic N) is 3. The Balaban J connectivity index is 1.66. The summed E-state index contributed by atoms with van der Waals surface area (Å²) in [7, 11) is 0. The average molecular weight is 431 g/mol. The van der Waals surface area contributed by atoms with Crippen molar-refractivity contribution in [1.29, 1.82) is 0 Å². The van der Waals surface area contributed by atoms with E-state index in [9.17, 15) is 15.2 Å². The van der Waals surface area contributed by atoms with E-state index in [1.54, 1.807) is 13.0 Å². The molecular weight excluding hydrogens is 410 g/mol. The first-order valence-electron chi connectivity index (χ1n) is 10.0. The van der Waals surface area contributed by atoms with Gasteiger partial charge in [-0.3, -0.25) is 15.1 Å². The number of nitro groups is 1. The number of aliphatic imine (C=N–C) groups is 1. The Morgan fingerprint density at radius 3 is 2.72 bits per heavy atom. The largest absolute Gasteiger partial charge is 0.504 e. The Hall–Kier alpha value is -4.20. The number of phenolic OH excluding ortho intramolecular Hbond substituents is 1. The zero-order chi connectivity index (χ0) is 22.8. The molecule has 0 aliphatic carbocycles. The zero-order valence-corrected chi connectivity index (χ0v) is 17.8. The molecule has 0 fully saturated rings. The van der Waals surface area contributed by atoms with Crippen LogP contribution in [-0.4, -0.2) is 27.8 Å². The zero-order valence-electron chi connectivity index (χ0n) is 17.8. The van der Waals surface area contributed by atoms with Crippen molar-refractivity contribution in [2.24, 2.45) is 4.99 Å². The topological polar surface area (TPSA) is 111 Å². The maximum atomic E-state index is 11.2. The molecule has 0 aliphatic heterocycles. The SMILES string of the molecule is CCOc1cc([N+](=O)[O-])cc(C=Nc2ccc(-c3nc4cc(C)ccc4o3)cc2C)c1O. The van der Waals surface area contributed by atoms with E-state index in [2.05, 4.69) is 9.98 Å². The maximum Gasteiger partial charge on any atom is 0.274 e. The minimum absolute atomic E-state index is 0.0430. The molecule has 3 aromatic carbocycles. The molecular formula is C24H21N3O5. The van der Waals surface area contributed by atoms with Gasteiger partial charge in [0, 0.05) is 23.4 Å². The van der Waals surface area contributed by atoms with Crippen molar-refractivity contribution in [2.75, 3.05) is 6.61 Å². The van der Waals surface area contributed by atoms with Crippen LogP contribution in [0.2, 0.25) is 0 Å². The van der Waals surface area contributed by atoms with Gasteiger partial charge in [0.15, 0.2) is 17.1 Å². The van der Waals surface area contributed by atoms with E-state index in [0.29, 0.717) is 11.6 Å². The molecule has 1 heterocycles. The van der Waals surface area contributed by atoms with E-state index in [0.717, 1.165) is 27.8 Å². The van der Waals surface area contributed by atoms with Gasteiger partial charge < -0.3 is 14.3 Å². The molecule has 0 bridgehead atoms. The van der Waals surface area contributed by atoms with Crippen molar-refractivity contribution in [1.82, 2.24) is 4.98 Å². The Kier molecular flexibility index (Phi) is 5.59. The van der Waals surface area contributed by atoms with Crippen molar-refractivity contribution < 1.29 is 19.2 Å². The number of oxazole rings is 1. The molecule has 32 heavy (non-hydrogen) atoms. The molecule has 0 atom stereocenters. The molecule has 0 amide bonds. The summed E-state index contributed by atoms with van der Waals surface area (Å²) in [4.78, 5) is 19.6. The molecule has 1 N–H and O–H groups in total. The molecule has 4 aromatic rings. The number of rotatable bonds is 6. The van der Waals surface area contributed by atoms with Gasteiger partial charge in [0.2, 0.25) is 5.89 Å². The second-order valence-corrected chi connectivity index (χ2v) is 7.32. The van der Waals surface area contributed by atoms with E-state index < -0.39 is 4.92 Å². The molecule has 1 aromatic heterocycles. The van der Waals surface area contributed by atoms with Crippen molar-refractivity contribution >= 4 is 28.7 Å². The minimum Gasteiger partial charge on any atom is -0.504 e. The molecule has 4 rings (SSSR count). The van der Waals surface area contributed by atoms with Crippen LogP contribution in [0.15, 0.2) is 57.9 Å². The smallest absolute Gasteiger partial charge is 0.274 e. The van der Waals surface area contributed by atoms with Crippen molar-refractivity contribution in [3.05, 3.63) is 75.3 Å². The molecule has 8 heteroatoms. The van der Waals surface area contributed by atoms with Crippen LogP contribution in [0.4, 0.5) is 11.4 Å². The lowest BCUT2D eigenvalue weighted by molar-refractivity contribution is -0.385. The lowest BCUT2D eigenvalue weighted by Crippen LogP contribution is -1.97. The number of fused-ring (bicyclic) bond motifs is 1. The fourth-order valence-corrected chi connectivity index (χ4v) is 3.32. The number of aromatic hydroxyl groups is 1. The molecule has 8 nitrogen and oxygen atoms in total. The van der Waals surface area contributed by atoms with Crippen LogP contribution in [0.3, 0.4) is 0 Å². The third kappa shape index (κ3) is 4.15.